The molecule has 0 fully saturated rings. The van der Waals surface area contributed by atoms with Gasteiger partial charge in [-0.15, -0.1) is 0 Å². The monoisotopic (exact) mass is 308 g/mol. The molecular formula is C21H18F2. The highest BCUT2D eigenvalue weighted by Gasteiger charge is 2.13. The van der Waals surface area contributed by atoms with Crippen LogP contribution in [-0.4, -0.2) is 0 Å². The maximum absolute atomic E-state index is 14.3. The van der Waals surface area contributed by atoms with Crippen LogP contribution in [0.2, 0.25) is 0 Å². The van der Waals surface area contributed by atoms with Crippen LogP contribution in [0, 0.1) is 23.5 Å². The first-order valence-electron chi connectivity index (χ1n) is 7.95. The van der Waals surface area contributed by atoms with Crippen molar-refractivity contribution < 1.29 is 8.78 Å². The van der Waals surface area contributed by atoms with Crippen LogP contribution >= 0.6 is 0 Å². The van der Waals surface area contributed by atoms with E-state index in [0.717, 1.165) is 36.8 Å². The largest absolute Gasteiger partial charge is 0.207 e. The lowest BCUT2D eigenvalue weighted by Crippen LogP contribution is -2.01. The standard InChI is InChI=1S/C21H18F2/c1-2-3-16-5-8-17-13-18(21(23)14-19(17)12-16)9-4-15-6-10-20(22)11-7-15/h6-7,10-14H,2-3,5,8H2,1H3. The summed E-state index contributed by atoms with van der Waals surface area (Å²) in [4.78, 5) is 0. The van der Waals surface area contributed by atoms with E-state index in [1.54, 1.807) is 18.2 Å². The Hall–Kier alpha value is -2.40. The lowest BCUT2D eigenvalue weighted by molar-refractivity contribution is 0.622. The zero-order valence-electron chi connectivity index (χ0n) is 13.1. The smallest absolute Gasteiger partial charge is 0.139 e. The molecule has 116 valence electrons. The molecule has 3 rings (SSSR count). The fraction of sp³-hybridized carbons (Fsp3) is 0.238. The van der Waals surface area contributed by atoms with Gasteiger partial charge >= 0.3 is 0 Å². The average molecular weight is 308 g/mol. The molecule has 0 amide bonds. The highest BCUT2D eigenvalue weighted by molar-refractivity contribution is 5.62. The Bertz CT molecular complexity index is 802. The molecule has 0 saturated carbocycles. The Morgan fingerprint density at radius 1 is 1.00 bits per heavy atom. The van der Waals surface area contributed by atoms with Crippen molar-refractivity contribution in [3.8, 4) is 11.8 Å². The van der Waals surface area contributed by atoms with Crippen molar-refractivity contribution in [2.24, 2.45) is 0 Å². The Labute approximate surface area is 135 Å². The van der Waals surface area contributed by atoms with Crippen molar-refractivity contribution in [3.05, 3.63) is 75.9 Å². The van der Waals surface area contributed by atoms with E-state index >= 15 is 0 Å². The van der Waals surface area contributed by atoms with Crippen molar-refractivity contribution in [1.82, 2.24) is 0 Å². The Kier molecular flexibility index (Phi) is 4.57. The molecule has 23 heavy (non-hydrogen) atoms. The third-order valence-electron chi connectivity index (χ3n) is 4.06. The topological polar surface area (TPSA) is 0 Å². The van der Waals surface area contributed by atoms with Gasteiger partial charge in [-0.2, -0.15) is 0 Å². The minimum absolute atomic E-state index is 0.299. The van der Waals surface area contributed by atoms with Gasteiger partial charge in [0.2, 0.25) is 0 Å². The van der Waals surface area contributed by atoms with Crippen LogP contribution in [0.1, 0.15) is 48.4 Å². The van der Waals surface area contributed by atoms with Crippen molar-refractivity contribution in [2.45, 2.75) is 32.6 Å². The Morgan fingerprint density at radius 2 is 1.78 bits per heavy atom. The molecule has 0 spiro atoms. The van der Waals surface area contributed by atoms with Crippen LogP contribution in [0.4, 0.5) is 8.78 Å². The molecule has 0 heterocycles. The normalized spacial score (nSPS) is 12.9. The molecule has 0 aromatic heterocycles. The number of aryl methyl sites for hydroxylation is 1. The van der Waals surface area contributed by atoms with Crippen molar-refractivity contribution in [2.75, 3.05) is 0 Å². The van der Waals surface area contributed by atoms with E-state index in [4.69, 9.17) is 0 Å². The second kappa shape index (κ2) is 6.79. The Balaban J connectivity index is 1.90. The lowest BCUT2D eigenvalue weighted by atomic mass is 9.89. The molecule has 0 unspecified atom stereocenters. The molecule has 0 N–H and O–H groups in total. The molecule has 2 aromatic carbocycles. The minimum atomic E-state index is -0.301. The van der Waals surface area contributed by atoms with Crippen LogP contribution < -0.4 is 0 Å². The number of hydrogen-bond acceptors (Lipinski definition) is 0. The number of fused-ring (bicyclic) bond motifs is 1. The summed E-state index contributed by atoms with van der Waals surface area (Å²) in [6.07, 6.45) is 6.28. The molecule has 0 nitrogen and oxygen atoms in total. The molecule has 0 bridgehead atoms. The third kappa shape index (κ3) is 3.68. The predicted molar refractivity (Wildman–Crippen MR) is 90.0 cm³/mol. The van der Waals surface area contributed by atoms with Gasteiger partial charge in [0.15, 0.2) is 0 Å². The zero-order chi connectivity index (χ0) is 16.2. The summed E-state index contributed by atoms with van der Waals surface area (Å²) in [7, 11) is 0. The van der Waals surface area contributed by atoms with Gasteiger partial charge in [-0.05, 0) is 66.8 Å². The summed E-state index contributed by atoms with van der Waals surface area (Å²) in [6.45, 7) is 2.16. The fourth-order valence-corrected chi connectivity index (χ4v) is 2.86. The fourth-order valence-electron chi connectivity index (χ4n) is 2.86. The predicted octanol–water partition coefficient (Wildman–Crippen LogP) is 5.49. The first-order valence-corrected chi connectivity index (χ1v) is 7.95. The number of allylic oxidation sites excluding steroid dienone is 1. The van der Waals surface area contributed by atoms with E-state index < -0.39 is 0 Å². The summed E-state index contributed by atoms with van der Waals surface area (Å²) in [5.41, 5.74) is 4.60. The van der Waals surface area contributed by atoms with Crippen molar-refractivity contribution >= 4 is 6.08 Å². The van der Waals surface area contributed by atoms with Gasteiger partial charge in [0.1, 0.15) is 11.6 Å². The van der Waals surface area contributed by atoms with Gasteiger partial charge < -0.3 is 0 Å². The third-order valence-corrected chi connectivity index (χ3v) is 4.06. The van der Waals surface area contributed by atoms with Crippen molar-refractivity contribution in [3.63, 3.8) is 0 Å². The summed E-state index contributed by atoms with van der Waals surface area (Å²) in [5, 5.41) is 0. The van der Waals surface area contributed by atoms with E-state index in [-0.39, 0.29) is 11.6 Å². The maximum Gasteiger partial charge on any atom is 0.139 e. The molecule has 0 saturated heterocycles. The van der Waals surface area contributed by atoms with Gasteiger partial charge in [0.05, 0.1) is 5.56 Å². The Morgan fingerprint density at radius 3 is 2.52 bits per heavy atom. The van der Waals surface area contributed by atoms with Gasteiger partial charge in [0, 0.05) is 5.56 Å². The molecule has 1 aliphatic carbocycles. The van der Waals surface area contributed by atoms with E-state index in [1.807, 2.05) is 6.07 Å². The van der Waals surface area contributed by atoms with Crippen LogP contribution in [0.3, 0.4) is 0 Å². The molecule has 0 radical (unpaired) electrons. The average Bonchev–Trinajstić information content (AvgIpc) is 2.55. The van der Waals surface area contributed by atoms with Gasteiger partial charge in [0.25, 0.3) is 0 Å². The van der Waals surface area contributed by atoms with Gasteiger partial charge in [-0.3, -0.25) is 0 Å². The second-order valence-electron chi connectivity index (χ2n) is 5.84. The quantitative estimate of drug-likeness (QED) is 0.643. The molecule has 0 atom stereocenters. The number of halogens is 2. The molecule has 0 aliphatic heterocycles. The number of benzene rings is 2. The minimum Gasteiger partial charge on any atom is -0.207 e. The van der Waals surface area contributed by atoms with E-state index in [0.29, 0.717) is 11.1 Å². The van der Waals surface area contributed by atoms with Crippen LogP contribution in [0.15, 0.2) is 42.0 Å². The highest BCUT2D eigenvalue weighted by Crippen LogP contribution is 2.28. The van der Waals surface area contributed by atoms with E-state index in [1.165, 1.54) is 17.7 Å². The van der Waals surface area contributed by atoms with Gasteiger partial charge in [-0.25, -0.2) is 8.78 Å². The van der Waals surface area contributed by atoms with Crippen LogP contribution in [-0.2, 0) is 6.42 Å². The lowest BCUT2D eigenvalue weighted by Gasteiger charge is -2.16. The number of rotatable bonds is 2. The van der Waals surface area contributed by atoms with E-state index in [2.05, 4.69) is 24.8 Å². The number of hydrogen-bond donors (Lipinski definition) is 0. The molecular weight excluding hydrogens is 290 g/mol. The van der Waals surface area contributed by atoms with Gasteiger partial charge in [-0.1, -0.05) is 36.8 Å². The summed E-state index contributed by atoms with van der Waals surface area (Å²) in [6, 6.07) is 9.33. The first kappa shape index (κ1) is 15.5. The second-order valence-corrected chi connectivity index (χ2v) is 5.84. The summed E-state index contributed by atoms with van der Waals surface area (Å²) < 4.78 is 27.1. The SMILES string of the molecule is CCCC1=Cc2cc(F)c(C#Cc3ccc(F)cc3)cc2CC1. The molecule has 2 heteroatoms. The highest BCUT2D eigenvalue weighted by atomic mass is 19.1. The van der Waals surface area contributed by atoms with E-state index in [9.17, 15) is 8.78 Å². The van der Waals surface area contributed by atoms with Crippen molar-refractivity contribution in [1.29, 1.82) is 0 Å². The molecule has 2 aromatic rings. The zero-order valence-corrected chi connectivity index (χ0v) is 13.1. The van der Waals surface area contributed by atoms with Crippen LogP contribution in [0.25, 0.3) is 6.08 Å². The summed E-state index contributed by atoms with van der Waals surface area (Å²) >= 11 is 0. The molecule has 1 aliphatic rings. The first-order chi connectivity index (χ1) is 11.2. The van der Waals surface area contributed by atoms with Crippen LogP contribution in [0.5, 0.6) is 0 Å². The summed E-state index contributed by atoms with van der Waals surface area (Å²) in [5.74, 6) is 5.16. The maximum atomic E-state index is 14.3.